The van der Waals surface area contributed by atoms with Gasteiger partial charge in [-0.2, -0.15) is 0 Å². The van der Waals surface area contributed by atoms with E-state index in [4.69, 9.17) is 15.3 Å². The van der Waals surface area contributed by atoms with Gasteiger partial charge in [-0.3, -0.25) is 11.3 Å². The second-order valence-electron chi connectivity index (χ2n) is 4.01. The van der Waals surface area contributed by atoms with Gasteiger partial charge < -0.3 is 14.2 Å². The van der Waals surface area contributed by atoms with Crippen LogP contribution in [0.5, 0.6) is 5.75 Å². The largest absolute Gasteiger partial charge is 0.573 e. The number of hydrazine groups is 1. The van der Waals surface area contributed by atoms with Gasteiger partial charge in [-0.25, -0.2) is 0 Å². The molecule has 0 saturated heterocycles. The molecule has 1 aromatic carbocycles. The molecule has 3 N–H and O–H groups in total. The van der Waals surface area contributed by atoms with Crippen molar-refractivity contribution in [1.82, 2.24) is 5.43 Å². The van der Waals surface area contributed by atoms with Gasteiger partial charge >= 0.3 is 6.36 Å². The summed E-state index contributed by atoms with van der Waals surface area (Å²) in [6.45, 7) is 0. The molecule has 114 valence electrons. The number of halogens is 3. The first-order valence-corrected chi connectivity index (χ1v) is 5.76. The van der Waals surface area contributed by atoms with Crippen LogP contribution in [0, 0.1) is 0 Å². The molecule has 8 heteroatoms. The number of alkyl halides is 3. The highest BCUT2D eigenvalue weighted by Crippen LogP contribution is 2.23. The average Bonchev–Trinajstić information content (AvgIpc) is 2.39. The molecule has 0 amide bonds. The van der Waals surface area contributed by atoms with Crippen molar-refractivity contribution in [2.24, 2.45) is 5.84 Å². The number of methoxy groups -OCH3 is 2. The van der Waals surface area contributed by atoms with Crippen LogP contribution in [0.15, 0.2) is 24.3 Å². The number of nitrogens with one attached hydrogen (secondary N) is 1. The minimum absolute atomic E-state index is 0.270. The van der Waals surface area contributed by atoms with E-state index in [9.17, 15) is 13.2 Å². The number of nitrogens with two attached hydrogens (primary N) is 1. The van der Waals surface area contributed by atoms with Crippen LogP contribution in [-0.2, 0) is 15.9 Å². The molecule has 0 aromatic heterocycles. The van der Waals surface area contributed by atoms with E-state index in [-0.39, 0.29) is 11.8 Å². The minimum Gasteiger partial charge on any atom is -0.406 e. The van der Waals surface area contributed by atoms with Crippen molar-refractivity contribution in [2.75, 3.05) is 14.2 Å². The minimum atomic E-state index is -4.69. The van der Waals surface area contributed by atoms with E-state index in [1.165, 1.54) is 38.5 Å². The maximum atomic E-state index is 12.0. The Hall–Kier alpha value is -1.35. The zero-order valence-electron chi connectivity index (χ0n) is 11.1. The molecule has 0 aliphatic carbocycles. The number of hydrogen-bond acceptors (Lipinski definition) is 5. The molecular weight excluding hydrogens is 277 g/mol. The van der Waals surface area contributed by atoms with Crippen LogP contribution in [0.2, 0.25) is 0 Å². The first-order valence-electron chi connectivity index (χ1n) is 5.76. The van der Waals surface area contributed by atoms with Gasteiger partial charge in [0.15, 0.2) is 6.29 Å². The lowest BCUT2D eigenvalue weighted by Crippen LogP contribution is -2.47. The zero-order valence-corrected chi connectivity index (χ0v) is 11.1. The van der Waals surface area contributed by atoms with Crippen LogP contribution in [0.3, 0.4) is 0 Å². The van der Waals surface area contributed by atoms with E-state index in [1.807, 2.05) is 0 Å². The number of ether oxygens (including phenoxy) is 3. The molecule has 1 rings (SSSR count). The third-order valence-electron chi connectivity index (χ3n) is 2.62. The van der Waals surface area contributed by atoms with Gasteiger partial charge in [0.1, 0.15) is 5.75 Å². The molecule has 0 saturated carbocycles. The Morgan fingerprint density at radius 2 is 1.70 bits per heavy atom. The lowest BCUT2D eigenvalue weighted by atomic mass is 10.1. The molecule has 20 heavy (non-hydrogen) atoms. The molecule has 1 atom stereocenters. The first kappa shape index (κ1) is 16.7. The van der Waals surface area contributed by atoms with Crippen LogP contribution in [0.1, 0.15) is 5.56 Å². The molecule has 0 aliphatic rings. The quantitative estimate of drug-likeness (QED) is 0.454. The van der Waals surface area contributed by atoms with E-state index in [0.29, 0.717) is 6.42 Å². The Bertz CT molecular complexity index is 394. The summed E-state index contributed by atoms with van der Waals surface area (Å²) >= 11 is 0. The second kappa shape index (κ2) is 7.44. The van der Waals surface area contributed by atoms with E-state index < -0.39 is 12.7 Å². The van der Waals surface area contributed by atoms with Gasteiger partial charge in [0.05, 0.1) is 6.04 Å². The predicted octanol–water partition coefficient (Wildman–Crippen LogP) is 1.58. The normalized spacial score (nSPS) is 13.6. The summed E-state index contributed by atoms with van der Waals surface area (Å²) < 4.78 is 50.0. The topological polar surface area (TPSA) is 65.7 Å². The van der Waals surface area contributed by atoms with E-state index in [1.54, 1.807) is 0 Å². The lowest BCUT2D eigenvalue weighted by Gasteiger charge is -2.24. The third kappa shape index (κ3) is 5.33. The highest BCUT2D eigenvalue weighted by Gasteiger charge is 2.31. The van der Waals surface area contributed by atoms with Crippen molar-refractivity contribution in [3.8, 4) is 5.75 Å². The summed E-state index contributed by atoms with van der Waals surface area (Å²) in [5.74, 6) is 5.13. The molecule has 0 bridgehead atoms. The van der Waals surface area contributed by atoms with Crippen LogP contribution < -0.4 is 16.0 Å². The molecule has 0 aliphatic heterocycles. The maximum Gasteiger partial charge on any atom is 0.573 e. The fourth-order valence-corrected chi connectivity index (χ4v) is 1.74. The predicted molar refractivity (Wildman–Crippen MR) is 65.7 cm³/mol. The Morgan fingerprint density at radius 1 is 1.15 bits per heavy atom. The molecule has 0 heterocycles. The van der Waals surface area contributed by atoms with Gasteiger partial charge in [-0.1, -0.05) is 12.1 Å². The van der Waals surface area contributed by atoms with Gasteiger partial charge in [0.2, 0.25) is 0 Å². The summed E-state index contributed by atoms with van der Waals surface area (Å²) in [5.41, 5.74) is 3.31. The number of benzene rings is 1. The number of hydrogen-bond donors (Lipinski definition) is 2. The van der Waals surface area contributed by atoms with Crippen molar-refractivity contribution in [1.29, 1.82) is 0 Å². The van der Waals surface area contributed by atoms with Gasteiger partial charge in [-0.15, -0.1) is 13.2 Å². The van der Waals surface area contributed by atoms with E-state index in [0.717, 1.165) is 5.56 Å². The van der Waals surface area contributed by atoms with Crippen molar-refractivity contribution in [2.45, 2.75) is 25.1 Å². The average molecular weight is 294 g/mol. The van der Waals surface area contributed by atoms with Crippen LogP contribution in [0.4, 0.5) is 13.2 Å². The van der Waals surface area contributed by atoms with E-state index >= 15 is 0 Å². The van der Waals surface area contributed by atoms with Crippen molar-refractivity contribution < 1.29 is 27.4 Å². The van der Waals surface area contributed by atoms with Gasteiger partial charge in [0.25, 0.3) is 0 Å². The molecule has 0 spiro atoms. The fourth-order valence-electron chi connectivity index (χ4n) is 1.74. The molecule has 0 fully saturated rings. The van der Waals surface area contributed by atoms with Crippen molar-refractivity contribution in [3.05, 3.63) is 29.8 Å². The van der Waals surface area contributed by atoms with E-state index in [2.05, 4.69) is 10.2 Å². The molecular formula is C12H17F3N2O3. The lowest BCUT2D eigenvalue weighted by molar-refractivity contribution is -0.274. The Labute approximate surface area is 114 Å². The van der Waals surface area contributed by atoms with Crippen molar-refractivity contribution >= 4 is 0 Å². The Morgan fingerprint density at radius 3 is 2.10 bits per heavy atom. The first-order chi connectivity index (χ1) is 9.39. The van der Waals surface area contributed by atoms with Gasteiger partial charge in [-0.05, 0) is 24.1 Å². The highest BCUT2D eigenvalue weighted by molar-refractivity contribution is 5.28. The maximum absolute atomic E-state index is 12.0. The molecule has 0 radical (unpaired) electrons. The second-order valence-corrected chi connectivity index (χ2v) is 4.01. The highest BCUT2D eigenvalue weighted by atomic mass is 19.4. The van der Waals surface area contributed by atoms with Gasteiger partial charge in [0, 0.05) is 14.2 Å². The van der Waals surface area contributed by atoms with Crippen LogP contribution in [0.25, 0.3) is 0 Å². The van der Waals surface area contributed by atoms with Crippen molar-refractivity contribution in [3.63, 3.8) is 0 Å². The zero-order chi connectivity index (χ0) is 15.2. The Balaban J connectivity index is 2.68. The monoisotopic (exact) mass is 294 g/mol. The summed E-state index contributed by atoms with van der Waals surface area (Å²) in [6.07, 6.45) is -4.83. The standard InChI is InChI=1S/C12H17F3N2O3/c1-18-11(19-2)10(17-16)7-8-3-5-9(6-4-8)20-12(13,14)15/h3-6,10-11,17H,7,16H2,1-2H3. The summed E-state index contributed by atoms with van der Waals surface area (Å²) in [5, 5.41) is 0. The molecule has 1 unspecified atom stereocenters. The fraction of sp³-hybridized carbons (Fsp3) is 0.500. The summed E-state index contributed by atoms with van der Waals surface area (Å²) in [7, 11) is 2.94. The summed E-state index contributed by atoms with van der Waals surface area (Å²) in [6, 6.07) is 5.19. The number of rotatable bonds is 7. The third-order valence-corrected chi connectivity index (χ3v) is 2.62. The Kier molecular flexibility index (Phi) is 6.21. The smallest absolute Gasteiger partial charge is 0.406 e. The SMILES string of the molecule is COC(OC)C(Cc1ccc(OC(F)(F)F)cc1)NN. The van der Waals surface area contributed by atoms with Crippen LogP contribution >= 0.6 is 0 Å². The van der Waals surface area contributed by atoms with Crippen LogP contribution in [-0.4, -0.2) is 32.9 Å². The molecule has 1 aromatic rings. The summed E-state index contributed by atoms with van der Waals surface area (Å²) in [4.78, 5) is 0. The molecule has 5 nitrogen and oxygen atoms in total.